The van der Waals surface area contributed by atoms with Gasteiger partial charge in [-0.1, -0.05) is 0 Å². The average Bonchev–Trinajstić information content (AvgIpc) is 1.99. The van der Waals surface area contributed by atoms with Crippen molar-refractivity contribution in [3.63, 3.8) is 0 Å². The normalized spacial score (nSPS) is 7.45. The molecule has 0 fully saturated rings. The monoisotopic (exact) mass is 182 g/mol. The molecule has 11 heavy (non-hydrogen) atoms. The van der Waals surface area contributed by atoms with Crippen LogP contribution in [0.5, 0.6) is 0 Å². The molecule has 0 aromatic heterocycles. The molecule has 0 aliphatic rings. The third-order valence-corrected chi connectivity index (χ3v) is 0.819. The summed E-state index contributed by atoms with van der Waals surface area (Å²) in [6.45, 7) is -0.0699. The van der Waals surface area contributed by atoms with Gasteiger partial charge in [-0.15, -0.1) is 12.4 Å². The van der Waals surface area contributed by atoms with E-state index in [1.165, 1.54) is 7.05 Å². The van der Waals surface area contributed by atoms with Crippen LogP contribution in [0.3, 0.4) is 0 Å². The van der Waals surface area contributed by atoms with E-state index in [1.807, 2.05) is 5.43 Å². The number of carbonyl (C=O) groups excluding carboxylic acids is 2. The van der Waals surface area contributed by atoms with E-state index in [1.54, 1.807) is 0 Å². The van der Waals surface area contributed by atoms with Gasteiger partial charge in [-0.25, -0.2) is 10.6 Å². The van der Waals surface area contributed by atoms with Crippen LogP contribution in [-0.2, 0) is 4.79 Å². The zero-order chi connectivity index (χ0) is 7.98. The number of amides is 3. The predicted molar refractivity (Wildman–Crippen MR) is 42.0 cm³/mol. The summed E-state index contributed by atoms with van der Waals surface area (Å²) in [5.41, 5.74) is 1.81. The number of hydrazine groups is 1. The van der Waals surface area contributed by atoms with Crippen LogP contribution in [0.1, 0.15) is 0 Å². The minimum atomic E-state index is -0.580. The Hall–Kier alpha value is -1.01. The Morgan fingerprint density at radius 3 is 2.36 bits per heavy atom. The Labute approximate surface area is 70.3 Å². The molecule has 0 rings (SSSR count). The van der Waals surface area contributed by atoms with Crippen molar-refractivity contribution in [1.29, 1.82) is 0 Å². The average molecular weight is 183 g/mol. The van der Waals surface area contributed by atoms with Crippen LogP contribution in [0.15, 0.2) is 0 Å². The van der Waals surface area contributed by atoms with E-state index >= 15 is 0 Å². The summed E-state index contributed by atoms with van der Waals surface area (Å²) >= 11 is 0. The maximum Gasteiger partial charge on any atom is 0.329 e. The molecule has 0 heterocycles. The topological polar surface area (TPSA) is 96.2 Å². The van der Waals surface area contributed by atoms with Crippen LogP contribution in [-0.4, -0.2) is 25.5 Å². The fourth-order valence-electron chi connectivity index (χ4n) is 0.300. The highest BCUT2D eigenvalue weighted by atomic mass is 35.5. The second-order valence-electron chi connectivity index (χ2n) is 1.50. The van der Waals surface area contributed by atoms with Gasteiger partial charge < -0.3 is 10.6 Å². The van der Waals surface area contributed by atoms with Crippen molar-refractivity contribution in [3.05, 3.63) is 0 Å². The summed E-state index contributed by atoms with van der Waals surface area (Å²) in [6, 6.07) is -0.580. The van der Waals surface area contributed by atoms with E-state index in [2.05, 4.69) is 10.6 Å². The molecule has 0 bridgehead atoms. The first-order chi connectivity index (χ1) is 4.70. The number of urea groups is 1. The quantitative estimate of drug-likeness (QED) is 0.234. The van der Waals surface area contributed by atoms with Crippen molar-refractivity contribution < 1.29 is 9.59 Å². The number of likely N-dealkylation sites (N-methyl/N-ethyl adjacent to an activating group) is 1. The minimum Gasteiger partial charge on any atom is -0.358 e. The van der Waals surface area contributed by atoms with Gasteiger partial charge in [-0.05, 0) is 0 Å². The third-order valence-electron chi connectivity index (χ3n) is 0.819. The highest BCUT2D eigenvalue weighted by molar-refractivity contribution is 5.85. The molecular weight excluding hydrogens is 172 g/mol. The van der Waals surface area contributed by atoms with Gasteiger partial charge in [0.05, 0.1) is 6.54 Å². The first kappa shape index (κ1) is 12.6. The van der Waals surface area contributed by atoms with Gasteiger partial charge in [0, 0.05) is 7.05 Å². The third kappa shape index (κ3) is 6.88. The minimum absolute atomic E-state index is 0. The summed E-state index contributed by atoms with van der Waals surface area (Å²) in [7, 11) is 1.48. The van der Waals surface area contributed by atoms with Crippen molar-refractivity contribution in [2.45, 2.75) is 0 Å². The van der Waals surface area contributed by atoms with E-state index in [9.17, 15) is 9.59 Å². The van der Waals surface area contributed by atoms with E-state index in [4.69, 9.17) is 5.84 Å². The van der Waals surface area contributed by atoms with E-state index in [-0.39, 0.29) is 24.9 Å². The summed E-state index contributed by atoms with van der Waals surface area (Å²) in [5, 5.41) is 4.52. The van der Waals surface area contributed by atoms with Crippen LogP contribution >= 0.6 is 12.4 Å². The molecule has 5 N–H and O–H groups in total. The first-order valence-electron chi connectivity index (χ1n) is 2.65. The Bertz CT molecular complexity index is 124. The SMILES string of the molecule is CNC(=O)CNC(=O)NN.Cl. The molecule has 0 radical (unpaired) electrons. The van der Waals surface area contributed by atoms with Gasteiger partial charge in [0.2, 0.25) is 5.91 Å². The zero-order valence-corrected chi connectivity index (χ0v) is 6.83. The number of hydrogen-bond donors (Lipinski definition) is 4. The van der Waals surface area contributed by atoms with Crippen molar-refractivity contribution >= 4 is 24.3 Å². The molecule has 0 aromatic rings. The fraction of sp³-hybridized carbons (Fsp3) is 0.500. The molecule has 0 unspecified atom stereocenters. The van der Waals surface area contributed by atoms with Crippen molar-refractivity contribution in [3.8, 4) is 0 Å². The Balaban J connectivity index is 0. The molecule has 3 amide bonds. The largest absolute Gasteiger partial charge is 0.358 e. The number of hydrogen-bond acceptors (Lipinski definition) is 3. The lowest BCUT2D eigenvalue weighted by Gasteiger charge is -2.01. The molecule has 0 aliphatic carbocycles. The number of halogens is 1. The van der Waals surface area contributed by atoms with Gasteiger partial charge in [-0.2, -0.15) is 0 Å². The second-order valence-corrected chi connectivity index (χ2v) is 1.50. The summed E-state index contributed by atoms with van der Waals surface area (Å²) in [4.78, 5) is 20.7. The van der Waals surface area contributed by atoms with Crippen LogP contribution in [0, 0.1) is 0 Å². The Kier molecular flexibility index (Phi) is 8.16. The Morgan fingerprint density at radius 1 is 1.45 bits per heavy atom. The van der Waals surface area contributed by atoms with Crippen molar-refractivity contribution in [1.82, 2.24) is 16.1 Å². The molecule has 7 heteroatoms. The zero-order valence-electron chi connectivity index (χ0n) is 6.01. The highest BCUT2D eigenvalue weighted by Gasteiger charge is 1.99. The highest BCUT2D eigenvalue weighted by Crippen LogP contribution is 1.60. The van der Waals surface area contributed by atoms with Crippen LogP contribution in [0.4, 0.5) is 4.79 Å². The molecular formula is C4H11ClN4O2. The lowest BCUT2D eigenvalue weighted by atomic mass is 10.6. The molecule has 0 spiro atoms. The van der Waals surface area contributed by atoms with Gasteiger partial charge in [0.1, 0.15) is 0 Å². The standard InChI is InChI=1S/C4H10N4O2.ClH/c1-6-3(9)2-7-4(10)8-5;/h2,5H2,1H3,(H,6,9)(H2,7,8,10);1H. The smallest absolute Gasteiger partial charge is 0.329 e. The number of nitrogens with one attached hydrogen (secondary N) is 3. The molecule has 0 aromatic carbocycles. The molecule has 0 saturated heterocycles. The first-order valence-corrected chi connectivity index (χ1v) is 2.65. The fourth-order valence-corrected chi connectivity index (χ4v) is 0.300. The van der Waals surface area contributed by atoms with E-state index < -0.39 is 6.03 Å². The van der Waals surface area contributed by atoms with Gasteiger partial charge in [-0.3, -0.25) is 10.2 Å². The van der Waals surface area contributed by atoms with Crippen LogP contribution < -0.4 is 21.9 Å². The summed E-state index contributed by atoms with van der Waals surface area (Å²) < 4.78 is 0. The van der Waals surface area contributed by atoms with Crippen LogP contribution in [0.25, 0.3) is 0 Å². The number of carbonyl (C=O) groups is 2. The van der Waals surface area contributed by atoms with Gasteiger partial charge >= 0.3 is 6.03 Å². The number of rotatable bonds is 2. The van der Waals surface area contributed by atoms with E-state index in [0.29, 0.717) is 0 Å². The van der Waals surface area contributed by atoms with Crippen molar-refractivity contribution in [2.24, 2.45) is 5.84 Å². The molecule has 0 atom stereocenters. The van der Waals surface area contributed by atoms with Crippen molar-refractivity contribution in [2.75, 3.05) is 13.6 Å². The lowest BCUT2D eigenvalue weighted by molar-refractivity contribution is -0.119. The lowest BCUT2D eigenvalue weighted by Crippen LogP contribution is -2.43. The van der Waals surface area contributed by atoms with Gasteiger partial charge in [0.15, 0.2) is 0 Å². The molecule has 0 aliphatic heterocycles. The predicted octanol–water partition coefficient (Wildman–Crippen LogP) is -1.67. The summed E-state index contributed by atoms with van der Waals surface area (Å²) in [5.74, 6) is 4.43. The number of nitrogens with two attached hydrogens (primary N) is 1. The molecule has 6 nitrogen and oxygen atoms in total. The van der Waals surface area contributed by atoms with Crippen LogP contribution in [0.2, 0.25) is 0 Å². The maximum atomic E-state index is 10.4. The van der Waals surface area contributed by atoms with Gasteiger partial charge in [0.25, 0.3) is 0 Å². The molecule has 0 saturated carbocycles. The second kappa shape index (κ2) is 7.10. The summed E-state index contributed by atoms with van der Waals surface area (Å²) in [6.07, 6.45) is 0. The maximum absolute atomic E-state index is 10.4. The van der Waals surface area contributed by atoms with E-state index in [0.717, 1.165) is 0 Å². The Morgan fingerprint density at radius 2 is 2.00 bits per heavy atom. The molecule has 66 valence electrons.